The molecule has 0 aliphatic carbocycles. The molecule has 16 heteroatoms. The van der Waals surface area contributed by atoms with Crippen molar-refractivity contribution in [2.75, 3.05) is 38.8 Å². The van der Waals surface area contributed by atoms with E-state index in [4.69, 9.17) is 39.4 Å². The van der Waals surface area contributed by atoms with Gasteiger partial charge in [0.05, 0.1) is 0 Å². The van der Waals surface area contributed by atoms with Crippen molar-refractivity contribution < 1.29 is 103 Å². The van der Waals surface area contributed by atoms with E-state index in [9.17, 15) is 0 Å². The molecular formula is C74H136N6O2Si6Yb2. The molecule has 0 aromatic heterocycles. The van der Waals surface area contributed by atoms with Gasteiger partial charge in [-0.2, -0.15) is 0 Å². The Bertz CT molecular complexity index is 2270. The van der Waals surface area contributed by atoms with E-state index >= 15 is 0 Å². The zero-order chi connectivity index (χ0) is 67.8. The van der Waals surface area contributed by atoms with Crippen LogP contribution in [0.3, 0.4) is 0 Å². The van der Waals surface area contributed by atoms with Gasteiger partial charge in [-0.3, -0.25) is 0 Å². The Hall–Kier alpha value is 0.260. The summed E-state index contributed by atoms with van der Waals surface area (Å²) < 4.78 is 19.5. The third-order valence-corrected chi connectivity index (χ3v) is 28.7. The van der Waals surface area contributed by atoms with Crippen molar-refractivity contribution in [3.05, 3.63) is 147 Å². The Kier molecular flexibility index (Phi) is 44.7. The second-order valence-corrected chi connectivity index (χ2v) is 59.9. The van der Waals surface area contributed by atoms with E-state index in [-0.39, 0.29) is 93.8 Å². The fourth-order valence-corrected chi connectivity index (χ4v) is 30.0. The summed E-state index contributed by atoms with van der Waals surface area (Å²) in [5.74, 6) is 3.77. The molecule has 0 bridgehead atoms. The number of hydrogen-bond acceptors (Lipinski definition) is 2. The topological polar surface area (TPSA) is 103 Å². The first-order chi connectivity index (χ1) is 40.3. The van der Waals surface area contributed by atoms with Gasteiger partial charge in [0.25, 0.3) is 0 Å². The quantitative estimate of drug-likeness (QED) is 0.0732. The average Bonchev–Trinajstić information content (AvgIpc) is 4.17. The number of nitrogens with zero attached hydrogens (tertiary/aromatic N) is 6. The molecule has 6 rings (SSSR count). The van der Waals surface area contributed by atoms with Crippen LogP contribution in [0.5, 0.6) is 0 Å². The van der Waals surface area contributed by atoms with E-state index in [0.29, 0.717) is 47.3 Å². The summed E-state index contributed by atoms with van der Waals surface area (Å²) in [7, 11) is -8.30. The fraction of sp³-hybridized carbons (Fsp3) is 0.676. The molecular weight excluding hydrogens is 1520 g/mol. The van der Waals surface area contributed by atoms with Gasteiger partial charge in [-0.1, -0.05) is 382 Å². The molecule has 4 aromatic carbocycles. The molecule has 8 nitrogen and oxygen atoms in total. The third-order valence-electron chi connectivity index (χ3n) is 14.4. The maximum Gasteiger partial charge on any atom is 3.00 e. The molecule has 0 unspecified atom stereocenters. The van der Waals surface area contributed by atoms with Crippen LogP contribution in [0.15, 0.2) is 72.8 Å². The zero-order valence-electron chi connectivity index (χ0n) is 63.7. The number of para-hydroxylation sites is 2. The maximum atomic E-state index is 5.44. The average molecular weight is 1660 g/mol. The van der Waals surface area contributed by atoms with Gasteiger partial charge < -0.3 is 39.4 Å². The number of hydrogen-bond donors (Lipinski definition) is 0. The van der Waals surface area contributed by atoms with E-state index < -0.39 is 49.4 Å². The molecule has 2 fully saturated rings. The van der Waals surface area contributed by atoms with Gasteiger partial charge in [0.2, 0.25) is 0 Å². The van der Waals surface area contributed by atoms with Gasteiger partial charge in [0.1, 0.15) is 0 Å². The Morgan fingerprint density at radius 3 is 0.578 bits per heavy atom. The summed E-state index contributed by atoms with van der Waals surface area (Å²) >= 11 is 0. The fourth-order valence-electron chi connectivity index (χ4n) is 10.9. The van der Waals surface area contributed by atoms with Gasteiger partial charge in [-0.25, -0.2) is 0 Å². The Balaban J connectivity index is 0. The summed E-state index contributed by atoms with van der Waals surface area (Å²) in [6.07, 6.45) is 6.75. The summed E-state index contributed by atoms with van der Waals surface area (Å²) in [5, 5.41) is 10.5. The largest absolute Gasteiger partial charge is 3.00 e. The van der Waals surface area contributed by atoms with Crippen LogP contribution in [-0.2, 0) is 9.47 Å². The summed E-state index contributed by atoms with van der Waals surface area (Å²) in [6, 6.07) is 26.7. The predicted octanol–water partition coefficient (Wildman–Crippen LogP) is 26.9. The van der Waals surface area contributed by atoms with Gasteiger partial charge >= 0.3 is 93.8 Å². The molecule has 0 N–H and O–H groups in total. The SMILES string of the molecule is C1CCOC1.C1CCOC1.CC(C)c1cccc(C(C)C)c1[N-]C[Si](C)(C)[N-]c1c(C(C)C)cccc1C(C)C.CC(C)c1cccc(C(C)C)c1[N-]C[Si](C)(C)[N-]c1c(C(C)C)cccc1C(C)C.C[Si](C)(C)[N-][Si](C)(C)C.C[Si](C)(C)[N-][Si](C)(C)C.[Yb+3].[Yb+3]. The van der Waals surface area contributed by atoms with Crippen molar-refractivity contribution in [3.63, 3.8) is 0 Å². The van der Waals surface area contributed by atoms with Crippen LogP contribution in [0, 0.1) is 93.8 Å². The maximum absolute atomic E-state index is 5.44. The minimum atomic E-state index is -1.94. The molecule has 2 aliphatic heterocycles. The molecule has 2 radical (unpaired) electrons. The summed E-state index contributed by atoms with van der Waals surface area (Å²) in [4.78, 5) is 10.9. The van der Waals surface area contributed by atoms with Crippen molar-refractivity contribution in [2.24, 2.45) is 0 Å². The molecule has 90 heavy (non-hydrogen) atoms. The second kappa shape index (κ2) is 43.6. The van der Waals surface area contributed by atoms with Crippen molar-refractivity contribution >= 4 is 72.2 Å². The molecule has 0 amide bonds. The molecule has 0 spiro atoms. The van der Waals surface area contributed by atoms with Gasteiger partial charge in [-0.05, 0) is 73.0 Å². The number of rotatable bonds is 22. The van der Waals surface area contributed by atoms with Crippen molar-refractivity contribution in [1.82, 2.24) is 0 Å². The smallest absolute Gasteiger partial charge is 0.688 e. The normalized spacial score (nSPS) is 13.7. The third kappa shape index (κ3) is 38.4. The zero-order valence-corrected chi connectivity index (χ0v) is 73.1. The minimum absolute atomic E-state index is 0. The van der Waals surface area contributed by atoms with Gasteiger partial charge in [0.15, 0.2) is 0 Å². The van der Waals surface area contributed by atoms with Crippen LogP contribution in [-0.4, -0.2) is 88.2 Å². The van der Waals surface area contributed by atoms with E-state index in [0.717, 1.165) is 38.8 Å². The first kappa shape index (κ1) is 92.3. The van der Waals surface area contributed by atoms with E-state index in [1.165, 1.54) is 92.9 Å². The van der Waals surface area contributed by atoms with Crippen LogP contribution in [0.1, 0.15) is 228 Å². The molecule has 0 atom stereocenters. The molecule has 526 valence electrons. The van der Waals surface area contributed by atoms with E-state index in [1.54, 1.807) is 0 Å². The Labute approximate surface area is 642 Å². The number of benzene rings is 4. The molecule has 4 aromatic rings. The van der Waals surface area contributed by atoms with Crippen LogP contribution >= 0.6 is 0 Å². The Morgan fingerprint density at radius 1 is 0.289 bits per heavy atom. The standard InChI is InChI=1S/2C27H42N2Si.2C6H18NSi2.2C4H8O.2Yb/c2*1-18(2)22-13-11-14-23(19(3)4)26(22)28-17-30(9,10)29-27-24(20(5)6)15-12-16-25(27)21(7)8;2*1-8(2,3)7-9(4,5)6;2*1-2-4-5-3-1;;/h2*11-16,18-21H,17H2,1-10H3;2*1-6H3;2*1-4H2;;/q2*-2;2*-1;;;2*+3. The van der Waals surface area contributed by atoms with E-state index in [1.807, 2.05) is 0 Å². The second-order valence-electron chi connectivity index (χ2n) is 32.4. The number of ether oxygens (including phenoxy) is 2. The molecule has 2 aliphatic rings. The van der Waals surface area contributed by atoms with Crippen molar-refractivity contribution in [3.8, 4) is 0 Å². The minimum Gasteiger partial charge on any atom is -0.688 e. The van der Waals surface area contributed by atoms with Crippen molar-refractivity contribution in [1.29, 1.82) is 0 Å². The summed E-state index contributed by atoms with van der Waals surface area (Å²) in [5.41, 5.74) is 15.8. The van der Waals surface area contributed by atoms with Crippen LogP contribution < -0.4 is 0 Å². The first-order valence-electron chi connectivity index (χ1n) is 34.3. The molecule has 0 saturated carbocycles. The molecule has 2 heterocycles. The molecule has 2 saturated heterocycles. The van der Waals surface area contributed by atoms with Crippen LogP contribution in [0.4, 0.5) is 22.7 Å². The van der Waals surface area contributed by atoms with Gasteiger partial charge in [-0.15, -0.1) is 35.1 Å². The van der Waals surface area contributed by atoms with Gasteiger partial charge in [0, 0.05) is 26.4 Å². The van der Waals surface area contributed by atoms with E-state index in [2.05, 4.69) is 288 Å². The summed E-state index contributed by atoms with van der Waals surface area (Å²) in [6.45, 7) is 77.2. The first-order valence-corrected chi connectivity index (χ1v) is 54.4. The van der Waals surface area contributed by atoms with Crippen LogP contribution in [0.2, 0.25) is 105 Å². The monoisotopic (exact) mass is 1660 g/mol. The van der Waals surface area contributed by atoms with Crippen molar-refractivity contribution in [2.45, 2.75) is 289 Å². The Morgan fingerprint density at radius 2 is 0.456 bits per heavy atom. The van der Waals surface area contributed by atoms with Crippen LogP contribution in [0.25, 0.3) is 29.9 Å². The predicted molar refractivity (Wildman–Crippen MR) is 415 cm³/mol.